The summed E-state index contributed by atoms with van der Waals surface area (Å²) in [6.45, 7) is -0.105. The Labute approximate surface area is 105 Å². The number of aliphatic hydroxyl groups excluding tert-OH is 1. The van der Waals surface area contributed by atoms with Crippen molar-refractivity contribution < 1.29 is 24.1 Å². The molecule has 2 saturated heterocycles. The zero-order valence-electron chi connectivity index (χ0n) is 10.1. The number of hydrogen-bond donors (Lipinski definition) is 1. The second-order valence-corrected chi connectivity index (χ2v) is 4.41. The SMILES string of the molecule is CO[C@H]1O[C@H](CO)[C@@H]2OC(c3ccccc3)O[C@H]12. The van der Waals surface area contributed by atoms with Gasteiger partial charge in [-0.1, -0.05) is 30.3 Å². The molecule has 2 aliphatic rings. The molecule has 1 N–H and O–H groups in total. The smallest absolute Gasteiger partial charge is 0.186 e. The van der Waals surface area contributed by atoms with Gasteiger partial charge in [-0.25, -0.2) is 0 Å². The number of rotatable bonds is 3. The molecule has 98 valence electrons. The molecule has 0 amide bonds. The number of benzene rings is 1. The van der Waals surface area contributed by atoms with Crippen LogP contribution in [0.15, 0.2) is 30.3 Å². The summed E-state index contributed by atoms with van der Waals surface area (Å²) in [4.78, 5) is 0. The summed E-state index contributed by atoms with van der Waals surface area (Å²) in [5.41, 5.74) is 0.957. The highest BCUT2D eigenvalue weighted by Gasteiger charge is 2.52. The zero-order valence-corrected chi connectivity index (χ0v) is 10.1. The Morgan fingerprint density at radius 2 is 1.83 bits per heavy atom. The van der Waals surface area contributed by atoms with Gasteiger partial charge in [0.15, 0.2) is 12.6 Å². The van der Waals surface area contributed by atoms with Gasteiger partial charge < -0.3 is 24.1 Å². The summed E-state index contributed by atoms with van der Waals surface area (Å²) >= 11 is 0. The highest BCUT2D eigenvalue weighted by molar-refractivity contribution is 5.17. The largest absolute Gasteiger partial charge is 0.394 e. The lowest BCUT2D eigenvalue weighted by atomic mass is 10.1. The molecule has 0 bridgehead atoms. The van der Waals surface area contributed by atoms with Crippen molar-refractivity contribution in [1.82, 2.24) is 0 Å². The molecule has 0 aliphatic carbocycles. The summed E-state index contributed by atoms with van der Waals surface area (Å²) < 4.78 is 22.3. The Kier molecular flexibility index (Phi) is 3.32. The van der Waals surface area contributed by atoms with Crippen LogP contribution in [-0.4, -0.2) is 43.4 Å². The van der Waals surface area contributed by atoms with Crippen molar-refractivity contribution in [3.63, 3.8) is 0 Å². The van der Waals surface area contributed by atoms with Crippen LogP contribution in [0.4, 0.5) is 0 Å². The molecular formula is C13H16O5. The van der Waals surface area contributed by atoms with E-state index in [0.717, 1.165) is 5.56 Å². The van der Waals surface area contributed by atoms with Crippen molar-refractivity contribution in [3.05, 3.63) is 35.9 Å². The van der Waals surface area contributed by atoms with E-state index in [4.69, 9.17) is 18.9 Å². The van der Waals surface area contributed by atoms with Crippen molar-refractivity contribution in [2.75, 3.05) is 13.7 Å². The van der Waals surface area contributed by atoms with Gasteiger partial charge in [0.05, 0.1) is 6.61 Å². The lowest BCUT2D eigenvalue weighted by Crippen LogP contribution is -2.31. The van der Waals surface area contributed by atoms with E-state index >= 15 is 0 Å². The van der Waals surface area contributed by atoms with Crippen molar-refractivity contribution >= 4 is 0 Å². The van der Waals surface area contributed by atoms with Crippen LogP contribution in [0.1, 0.15) is 11.9 Å². The molecule has 2 aliphatic heterocycles. The normalized spacial score (nSPS) is 38.9. The van der Waals surface area contributed by atoms with Gasteiger partial charge in [0.25, 0.3) is 0 Å². The molecule has 5 atom stereocenters. The topological polar surface area (TPSA) is 57.2 Å². The van der Waals surface area contributed by atoms with Gasteiger partial charge in [-0.2, -0.15) is 0 Å². The number of hydrogen-bond acceptors (Lipinski definition) is 5. The Hall–Kier alpha value is -0.980. The van der Waals surface area contributed by atoms with Crippen LogP contribution in [0, 0.1) is 0 Å². The maximum absolute atomic E-state index is 9.27. The fraction of sp³-hybridized carbons (Fsp3) is 0.538. The van der Waals surface area contributed by atoms with E-state index in [2.05, 4.69) is 0 Å². The third kappa shape index (κ3) is 1.94. The molecule has 18 heavy (non-hydrogen) atoms. The minimum Gasteiger partial charge on any atom is -0.394 e. The Balaban J connectivity index is 1.78. The Bertz CT molecular complexity index is 378. The summed E-state index contributed by atoms with van der Waals surface area (Å²) in [7, 11) is 1.56. The lowest BCUT2D eigenvalue weighted by Gasteiger charge is -2.18. The molecular weight excluding hydrogens is 236 g/mol. The van der Waals surface area contributed by atoms with Crippen LogP contribution in [0.5, 0.6) is 0 Å². The molecule has 1 aromatic rings. The van der Waals surface area contributed by atoms with Gasteiger partial charge >= 0.3 is 0 Å². The summed E-state index contributed by atoms with van der Waals surface area (Å²) in [5.74, 6) is 0. The first kappa shape index (κ1) is 12.1. The van der Waals surface area contributed by atoms with Crippen molar-refractivity contribution in [3.8, 4) is 0 Å². The second-order valence-electron chi connectivity index (χ2n) is 4.41. The van der Waals surface area contributed by atoms with E-state index in [9.17, 15) is 5.11 Å². The summed E-state index contributed by atoms with van der Waals surface area (Å²) in [5, 5.41) is 9.27. The summed E-state index contributed by atoms with van der Waals surface area (Å²) in [6.07, 6.45) is -1.88. The predicted octanol–water partition coefficient (Wildman–Crippen LogP) is 0.833. The summed E-state index contributed by atoms with van der Waals surface area (Å²) in [6, 6.07) is 9.70. The maximum Gasteiger partial charge on any atom is 0.186 e. The average molecular weight is 252 g/mol. The lowest BCUT2D eigenvalue weighted by molar-refractivity contribution is -0.201. The van der Waals surface area contributed by atoms with E-state index in [1.807, 2.05) is 30.3 Å². The van der Waals surface area contributed by atoms with Gasteiger partial charge in [-0.05, 0) is 0 Å². The van der Waals surface area contributed by atoms with Gasteiger partial charge in [0.1, 0.15) is 18.3 Å². The van der Waals surface area contributed by atoms with Crippen LogP contribution >= 0.6 is 0 Å². The molecule has 0 radical (unpaired) electrons. The molecule has 0 saturated carbocycles. The van der Waals surface area contributed by atoms with E-state index in [0.29, 0.717) is 0 Å². The third-order valence-corrected chi connectivity index (χ3v) is 3.31. The minimum atomic E-state index is -0.485. The van der Waals surface area contributed by atoms with Gasteiger partial charge in [-0.3, -0.25) is 0 Å². The van der Waals surface area contributed by atoms with Gasteiger partial charge in [0.2, 0.25) is 0 Å². The van der Waals surface area contributed by atoms with Crippen LogP contribution in [0.2, 0.25) is 0 Å². The fourth-order valence-electron chi connectivity index (χ4n) is 2.42. The molecule has 1 unspecified atom stereocenters. The number of fused-ring (bicyclic) bond motifs is 1. The first-order chi connectivity index (χ1) is 8.83. The van der Waals surface area contributed by atoms with Gasteiger partial charge in [0, 0.05) is 12.7 Å². The zero-order chi connectivity index (χ0) is 12.5. The average Bonchev–Trinajstić information content (AvgIpc) is 2.98. The number of aliphatic hydroxyl groups is 1. The maximum atomic E-state index is 9.27. The third-order valence-electron chi connectivity index (χ3n) is 3.31. The molecule has 3 rings (SSSR count). The Morgan fingerprint density at radius 3 is 2.50 bits per heavy atom. The van der Waals surface area contributed by atoms with Gasteiger partial charge in [-0.15, -0.1) is 0 Å². The van der Waals surface area contributed by atoms with Crippen molar-refractivity contribution in [1.29, 1.82) is 0 Å². The molecule has 5 heteroatoms. The second kappa shape index (κ2) is 4.95. The molecule has 1 aromatic carbocycles. The van der Waals surface area contributed by atoms with E-state index < -0.39 is 18.7 Å². The van der Waals surface area contributed by atoms with E-state index in [1.54, 1.807) is 7.11 Å². The highest BCUT2D eigenvalue weighted by atomic mass is 16.8. The standard InChI is InChI=1S/C13H16O5/c1-15-13-11-10(9(7-14)16-13)17-12(18-11)8-5-3-2-4-6-8/h2-6,9-14H,7H2,1H3/t9-,10+,11+,12?,13+/m1/s1. The first-order valence-electron chi connectivity index (χ1n) is 5.98. The number of methoxy groups -OCH3 is 1. The fourth-order valence-corrected chi connectivity index (χ4v) is 2.42. The predicted molar refractivity (Wildman–Crippen MR) is 61.7 cm³/mol. The molecule has 2 heterocycles. The molecule has 0 spiro atoms. The van der Waals surface area contributed by atoms with Crippen LogP contribution in [0.25, 0.3) is 0 Å². The Morgan fingerprint density at radius 1 is 1.11 bits per heavy atom. The monoisotopic (exact) mass is 252 g/mol. The van der Waals surface area contributed by atoms with E-state index in [1.165, 1.54) is 0 Å². The number of ether oxygens (including phenoxy) is 4. The molecule has 5 nitrogen and oxygen atoms in total. The molecule has 0 aromatic heterocycles. The molecule has 2 fully saturated rings. The quantitative estimate of drug-likeness (QED) is 0.863. The van der Waals surface area contributed by atoms with Crippen molar-refractivity contribution in [2.45, 2.75) is 30.9 Å². The van der Waals surface area contributed by atoms with Crippen LogP contribution in [0.3, 0.4) is 0 Å². The van der Waals surface area contributed by atoms with Crippen molar-refractivity contribution in [2.24, 2.45) is 0 Å². The van der Waals surface area contributed by atoms with Crippen LogP contribution in [-0.2, 0) is 18.9 Å². The van der Waals surface area contributed by atoms with E-state index in [-0.39, 0.29) is 18.8 Å². The highest BCUT2D eigenvalue weighted by Crippen LogP contribution is 2.40. The first-order valence-corrected chi connectivity index (χ1v) is 5.98. The van der Waals surface area contributed by atoms with Crippen LogP contribution < -0.4 is 0 Å². The minimum absolute atomic E-state index is 0.105.